The van der Waals surface area contributed by atoms with E-state index < -0.39 is 0 Å². The molecule has 0 fully saturated rings. The van der Waals surface area contributed by atoms with Gasteiger partial charge in [0.25, 0.3) is 0 Å². The van der Waals surface area contributed by atoms with Crippen LogP contribution in [0.4, 0.5) is 17.1 Å². The van der Waals surface area contributed by atoms with Crippen molar-refractivity contribution < 1.29 is 0 Å². The predicted molar refractivity (Wildman–Crippen MR) is 255 cm³/mol. The molecule has 0 amide bonds. The fourth-order valence-electron chi connectivity index (χ4n) is 9.96. The smallest absolute Gasteiger partial charge is 0.0465 e. The van der Waals surface area contributed by atoms with Crippen LogP contribution in [0, 0.1) is 0 Å². The number of thiophene rings is 1. The van der Waals surface area contributed by atoms with E-state index >= 15 is 0 Å². The molecular weight excluding hydrogens is 731 g/mol. The van der Waals surface area contributed by atoms with Crippen molar-refractivity contribution >= 4 is 80.9 Å². The van der Waals surface area contributed by atoms with Crippen LogP contribution in [0.2, 0.25) is 0 Å². The number of hydrogen-bond acceptors (Lipinski definition) is 2. The van der Waals surface area contributed by atoms with E-state index in [-0.39, 0.29) is 5.41 Å². The summed E-state index contributed by atoms with van der Waals surface area (Å²) in [6, 6.07) is 74.4. The molecule has 0 aliphatic heterocycles. The second-order valence-corrected chi connectivity index (χ2v) is 17.5. The molecule has 1 aliphatic rings. The third-order valence-electron chi connectivity index (χ3n) is 12.8. The Kier molecular flexibility index (Phi) is 7.51. The van der Waals surface area contributed by atoms with Gasteiger partial charge in [0.1, 0.15) is 0 Å². The largest absolute Gasteiger partial charge is 0.310 e. The van der Waals surface area contributed by atoms with Gasteiger partial charge in [0.05, 0.1) is 0 Å². The molecule has 59 heavy (non-hydrogen) atoms. The third-order valence-corrected chi connectivity index (χ3v) is 14.0. The fraction of sp³-hybridized carbons (Fsp3) is 0.0526. The van der Waals surface area contributed by atoms with Crippen LogP contribution in [0.5, 0.6) is 0 Å². The van der Waals surface area contributed by atoms with Crippen LogP contribution in [0.25, 0.3) is 85.9 Å². The minimum atomic E-state index is -0.196. The summed E-state index contributed by atoms with van der Waals surface area (Å²) in [5.41, 5.74) is 13.7. The van der Waals surface area contributed by atoms with E-state index in [4.69, 9.17) is 0 Å². The average Bonchev–Trinajstić information content (AvgIpc) is 3.77. The molecule has 0 spiro atoms. The van der Waals surface area contributed by atoms with E-state index in [1.807, 2.05) is 11.3 Å². The zero-order valence-corrected chi connectivity index (χ0v) is 33.7. The normalized spacial score (nSPS) is 13.1. The first kappa shape index (κ1) is 34.1. The van der Waals surface area contributed by atoms with Crippen molar-refractivity contribution in [2.45, 2.75) is 19.3 Å². The van der Waals surface area contributed by atoms with Gasteiger partial charge in [0.2, 0.25) is 0 Å². The molecule has 0 saturated carbocycles. The standard InChI is InChI=1S/C57H39NS/c1-57(2)53-32-37(25-28-45(53)46-29-27-40(33-54(46)57)58(38-15-5-3-6-16-38)39-17-7-4-8-18-39)49-35-51-43-21-11-9-19-41(43)48(34-50(51)44-22-12-10-20-42(44)49)36-26-30-56-52(31-36)47-23-13-14-24-55(47)59-56/h3-35H,1-2H3. The molecule has 1 nitrogen and oxygen atoms in total. The van der Waals surface area contributed by atoms with E-state index in [1.165, 1.54) is 97.0 Å². The maximum absolute atomic E-state index is 2.48. The quantitative estimate of drug-likeness (QED) is 0.158. The Hall–Kier alpha value is -7.00. The topological polar surface area (TPSA) is 3.24 Å². The molecule has 1 aliphatic carbocycles. The van der Waals surface area contributed by atoms with Crippen LogP contribution < -0.4 is 4.90 Å². The summed E-state index contributed by atoms with van der Waals surface area (Å²) in [6.07, 6.45) is 0. The Morgan fingerprint density at radius 1 is 0.322 bits per heavy atom. The molecular formula is C57H39NS. The molecule has 10 aromatic carbocycles. The Morgan fingerprint density at radius 3 is 1.42 bits per heavy atom. The van der Waals surface area contributed by atoms with Crippen LogP contribution in [0.3, 0.4) is 0 Å². The summed E-state index contributed by atoms with van der Waals surface area (Å²) in [5.74, 6) is 0. The molecule has 0 unspecified atom stereocenters. The molecule has 11 aromatic rings. The van der Waals surface area contributed by atoms with Gasteiger partial charge in [-0.05, 0) is 150 Å². The van der Waals surface area contributed by atoms with Crippen molar-refractivity contribution in [1.29, 1.82) is 0 Å². The maximum atomic E-state index is 2.48. The molecule has 0 radical (unpaired) electrons. The van der Waals surface area contributed by atoms with Crippen LogP contribution in [0.15, 0.2) is 200 Å². The first-order valence-corrected chi connectivity index (χ1v) is 21.3. The van der Waals surface area contributed by atoms with Crippen molar-refractivity contribution in [3.8, 4) is 33.4 Å². The van der Waals surface area contributed by atoms with Crippen molar-refractivity contribution in [3.63, 3.8) is 0 Å². The van der Waals surface area contributed by atoms with Gasteiger partial charge < -0.3 is 4.90 Å². The minimum Gasteiger partial charge on any atom is -0.310 e. The first-order chi connectivity index (χ1) is 29.0. The van der Waals surface area contributed by atoms with Gasteiger partial charge in [-0.25, -0.2) is 0 Å². The Labute approximate surface area is 348 Å². The van der Waals surface area contributed by atoms with Crippen molar-refractivity contribution in [2.75, 3.05) is 4.90 Å². The molecule has 0 bridgehead atoms. The molecule has 12 rings (SSSR count). The minimum absolute atomic E-state index is 0.196. The Morgan fingerprint density at radius 2 is 0.797 bits per heavy atom. The summed E-state index contributed by atoms with van der Waals surface area (Å²) in [7, 11) is 0. The number of hydrogen-bond donors (Lipinski definition) is 0. The number of anilines is 3. The summed E-state index contributed by atoms with van der Waals surface area (Å²) in [4.78, 5) is 2.37. The summed E-state index contributed by atoms with van der Waals surface area (Å²) in [6.45, 7) is 4.79. The van der Waals surface area contributed by atoms with E-state index in [1.54, 1.807) is 0 Å². The monoisotopic (exact) mass is 769 g/mol. The van der Waals surface area contributed by atoms with Gasteiger partial charge in [0, 0.05) is 42.6 Å². The molecule has 0 atom stereocenters. The molecule has 0 saturated heterocycles. The SMILES string of the molecule is CC1(C)c2cc(-c3cc4c5ccccc5c(-c5ccc6sc7ccccc7c6c5)cc4c4ccccc34)ccc2-c2ccc(N(c3ccccc3)c3ccccc3)cc21. The lowest BCUT2D eigenvalue weighted by molar-refractivity contribution is 0.660. The van der Waals surface area contributed by atoms with Gasteiger partial charge in [-0.3, -0.25) is 0 Å². The van der Waals surface area contributed by atoms with E-state index in [0.717, 1.165) is 17.1 Å². The summed E-state index contributed by atoms with van der Waals surface area (Å²) in [5, 5.41) is 10.4. The number of benzene rings is 10. The van der Waals surface area contributed by atoms with Crippen LogP contribution >= 0.6 is 11.3 Å². The second-order valence-electron chi connectivity index (χ2n) is 16.5. The average molecular weight is 770 g/mol. The van der Waals surface area contributed by atoms with Crippen molar-refractivity contribution in [1.82, 2.24) is 0 Å². The maximum Gasteiger partial charge on any atom is 0.0465 e. The lowest BCUT2D eigenvalue weighted by Gasteiger charge is -2.28. The van der Waals surface area contributed by atoms with E-state index in [9.17, 15) is 0 Å². The number of fused-ring (bicyclic) bond motifs is 11. The number of rotatable bonds is 5. The van der Waals surface area contributed by atoms with Gasteiger partial charge in [-0.1, -0.05) is 141 Å². The van der Waals surface area contributed by atoms with Gasteiger partial charge >= 0.3 is 0 Å². The summed E-state index contributed by atoms with van der Waals surface area (Å²) >= 11 is 1.87. The van der Waals surface area contributed by atoms with Crippen molar-refractivity contribution in [2.24, 2.45) is 0 Å². The molecule has 1 heterocycles. The van der Waals surface area contributed by atoms with Crippen LogP contribution in [0.1, 0.15) is 25.0 Å². The Bertz CT molecular complexity index is 3430. The van der Waals surface area contributed by atoms with E-state index in [2.05, 4.69) is 219 Å². The highest BCUT2D eigenvalue weighted by Crippen LogP contribution is 2.52. The van der Waals surface area contributed by atoms with Crippen LogP contribution in [-0.4, -0.2) is 0 Å². The number of nitrogens with zero attached hydrogens (tertiary/aromatic N) is 1. The second kappa shape index (κ2) is 13.0. The number of para-hydroxylation sites is 2. The van der Waals surface area contributed by atoms with Gasteiger partial charge in [0.15, 0.2) is 0 Å². The summed E-state index contributed by atoms with van der Waals surface area (Å²) < 4.78 is 2.67. The van der Waals surface area contributed by atoms with Gasteiger partial charge in [-0.2, -0.15) is 0 Å². The molecule has 2 heteroatoms. The Balaban J connectivity index is 1.01. The fourth-order valence-corrected chi connectivity index (χ4v) is 11.0. The highest BCUT2D eigenvalue weighted by molar-refractivity contribution is 7.25. The third kappa shape index (κ3) is 5.23. The lowest BCUT2D eigenvalue weighted by atomic mass is 9.81. The zero-order valence-electron chi connectivity index (χ0n) is 32.9. The highest BCUT2D eigenvalue weighted by atomic mass is 32.1. The van der Waals surface area contributed by atoms with E-state index in [0.29, 0.717) is 0 Å². The molecule has 1 aromatic heterocycles. The molecule has 278 valence electrons. The lowest BCUT2D eigenvalue weighted by Crippen LogP contribution is -2.16. The highest BCUT2D eigenvalue weighted by Gasteiger charge is 2.36. The van der Waals surface area contributed by atoms with Crippen molar-refractivity contribution in [3.05, 3.63) is 211 Å². The van der Waals surface area contributed by atoms with Gasteiger partial charge in [-0.15, -0.1) is 11.3 Å². The first-order valence-electron chi connectivity index (χ1n) is 20.5. The van der Waals surface area contributed by atoms with Crippen LogP contribution in [-0.2, 0) is 5.41 Å². The zero-order chi connectivity index (χ0) is 39.2. The predicted octanol–water partition coefficient (Wildman–Crippen LogP) is 16.6. The molecule has 0 N–H and O–H groups in total.